The third-order valence-electron chi connectivity index (χ3n) is 2.47. The van der Waals surface area contributed by atoms with Gasteiger partial charge < -0.3 is 10.5 Å². The summed E-state index contributed by atoms with van der Waals surface area (Å²) in [6.07, 6.45) is 8.01. The predicted octanol–water partition coefficient (Wildman–Crippen LogP) is 1.93. The van der Waals surface area contributed by atoms with Gasteiger partial charge in [-0.2, -0.15) is 0 Å². The van der Waals surface area contributed by atoms with Crippen LogP contribution in [0, 0.1) is 6.92 Å². The maximum absolute atomic E-state index is 10.7. The Balaban J connectivity index is 0.00000200. The average molecular weight is 331 g/mol. The van der Waals surface area contributed by atoms with Crippen LogP contribution in [0.15, 0.2) is 30.9 Å². The fourth-order valence-corrected chi connectivity index (χ4v) is 1.60. The predicted molar refractivity (Wildman–Crippen MR) is 85.4 cm³/mol. The number of halogens is 2. The van der Waals surface area contributed by atoms with Gasteiger partial charge in [-0.15, -0.1) is 24.8 Å². The molecule has 2 heterocycles. The molecule has 8 heteroatoms. The molecule has 0 spiro atoms. The fraction of sp³-hybridized carbons (Fsp3) is 0.154. The van der Waals surface area contributed by atoms with Crippen LogP contribution in [0.4, 0.5) is 0 Å². The molecule has 2 aromatic heterocycles. The van der Waals surface area contributed by atoms with Crippen LogP contribution in [0.2, 0.25) is 0 Å². The molecular weight excluding hydrogens is 315 g/mol. The number of amides is 1. The van der Waals surface area contributed by atoms with Crippen molar-refractivity contribution in [3.05, 3.63) is 42.1 Å². The Bertz CT molecular complexity index is 641. The number of imidazole rings is 1. The van der Waals surface area contributed by atoms with Crippen molar-refractivity contribution >= 4 is 36.8 Å². The number of aromatic nitrogens is 3. The Morgan fingerprint density at radius 3 is 2.62 bits per heavy atom. The van der Waals surface area contributed by atoms with Crippen molar-refractivity contribution in [1.29, 1.82) is 0 Å². The van der Waals surface area contributed by atoms with E-state index in [1.165, 1.54) is 6.08 Å². The Morgan fingerprint density at radius 1 is 1.38 bits per heavy atom. The van der Waals surface area contributed by atoms with E-state index in [1.807, 2.05) is 13.1 Å². The van der Waals surface area contributed by atoms with E-state index in [9.17, 15) is 4.79 Å². The van der Waals surface area contributed by atoms with Crippen molar-refractivity contribution in [2.45, 2.75) is 6.92 Å². The second-order valence-corrected chi connectivity index (χ2v) is 3.95. The Morgan fingerprint density at radius 2 is 2.10 bits per heavy atom. The second-order valence-electron chi connectivity index (χ2n) is 3.95. The number of rotatable bonds is 4. The molecule has 0 atom stereocenters. The molecule has 0 saturated heterocycles. The maximum Gasteiger partial charge on any atom is 0.241 e. The summed E-state index contributed by atoms with van der Waals surface area (Å²) in [5.41, 5.74) is 6.67. The average Bonchev–Trinajstić information content (AvgIpc) is 2.82. The monoisotopic (exact) mass is 330 g/mol. The summed E-state index contributed by atoms with van der Waals surface area (Å²) >= 11 is 0. The van der Waals surface area contributed by atoms with Crippen LogP contribution in [-0.4, -0.2) is 27.6 Å². The van der Waals surface area contributed by atoms with Gasteiger partial charge in [0.2, 0.25) is 5.91 Å². The summed E-state index contributed by atoms with van der Waals surface area (Å²) in [6, 6.07) is 1.77. The second kappa shape index (κ2) is 8.28. The first-order chi connectivity index (χ1) is 9.10. The molecule has 0 aliphatic carbocycles. The maximum atomic E-state index is 10.7. The van der Waals surface area contributed by atoms with E-state index in [-0.39, 0.29) is 24.8 Å². The molecule has 2 aromatic rings. The molecule has 0 fully saturated rings. The van der Waals surface area contributed by atoms with Gasteiger partial charge in [0.05, 0.1) is 12.8 Å². The zero-order valence-corrected chi connectivity index (χ0v) is 13.1. The lowest BCUT2D eigenvalue weighted by atomic mass is 10.2. The normalized spacial score (nSPS) is 9.81. The van der Waals surface area contributed by atoms with Crippen molar-refractivity contribution in [3.8, 4) is 11.6 Å². The first-order valence-electron chi connectivity index (χ1n) is 5.62. The molecule has 21 heavy (non-hydrogen) atoms. The zero-order chi connectivity index (χ0) is 13.8. The van der Waals surface area contributed by atoms with E-state index in [4.69, 9.17) is 10.5 Å². The highest BCUT2D eigenvalue weighted by molar-refractivity contribution is 5.90. The van der Waals surface area contributed by atoms with Gasteiger partial charge in [-0.05, 0) is 24.6 Å². The van der Waals surface area contributed by atoms with Crippen LogP contribution >= 0.6 is 24.8 Å². The smallest absolute Gasteiger partial charge is 0.241 e. The minimum absolute atomic E-state index is 0. The van der Waals surface area contributed by atoms with Gasteiger partial charge in [0.1, 0.15) is 6.33 Å². The molecule has 0 aliphatic heterocycles. The SMILES string of the molecule is COc1cc(/C=C/C(N)=O)cnc1-n1cnc(C)c1.Cl.Cl. The number of methoxy groups -OCH3 is 1. The summed E-state index contributed by atoms with van der Waals surface area (Å²) in [5, 5.41) is 0. The first-order valence-corrected chi connectivity index (χ1v) is 5.62. The van der Waals surface area contributed by atoms with Gasteiger partial charge in [-0.1, -0.05) is 0 Å². The van der Waals surface area contributed by atoms with Crippen molar-refractivity contribution < 1.29 is 9.53 Å². The summed E-state index contributed by atoms with van der Waals surface area (Å²) < 4.78 is 7.07. The molecule has 0 radical (unpaired) electrons. The van der Waals surface area contributed by atoms with E-state index < -0.39 is 5.91 Å². The number of primary amides is 1. The number of aryl methyl sites for hydroxylation is 1. The standard InChI is InChI=1S/C13H14N4O2.2ClH/c1-9-7-17(8-16-9)13-11(19-2)5-10(6-15-13)3-4-12(14)18;;/h3-8H,1-2H3,(H2,14,18);2*1H/b4-3+;;. The fourth-order valence-electron chi connectivity index (χ4n) is 1.60. The molecule has 114 valence electrons. The van der Waals surface area contributed by atoms with Crippen LogP contribution in [0.5, 0.6) is 5.75 Å². The topological polar surface area (TPSA) is 83.0 Å². The first kappa shape index (κ1) is 18.9. The van der Waals surface area contributed by atoms with E-state index in [0.717, 1.165) is 11.3 Å². The minimum atomic E-state index is -0.506. The van der Waals surface area contributed by atoms with Gasteiger partial charge in [0.25, 0.3) is 0 Å². The van der Waals surface area contributed by atoms with E-state index in [1.54, 1.807) is 36.3 Å². The zero-order valence-electron chi connectivity index (χ0n) is 11.5. The molecule has 0 aromatic carbocycles. The number of hydrogen-bond donors (Lipinski definition) is 1. The molecule has 6 nitrogen and oxygen atoms in total. The lowest BCUT2D eigenvalue weighted by molar-refractivity contribution is -0.113. The lowest BCUT2D eigenvalue weighted by Crippen LogP contribution is -2.05. The number of nitrogens with zero attached hydrogens (tertiary/aromatic N) is 3. The highest BCUT2D eigenvalue weighted by Crippen LogP contribution is 2.22. The molecule has 0 bridgehead atoms. The van der Waals surface area contributed by atoms with Gasteiger partial charge in [-0.3, -0.25) is 9.36 Å². The van der Waals surface area contributed by atoms with Gasteiger partial charge >= 0.3 is 0 Å². The molecule has 2 rings (SSSR count). The molecular formula is C13H16Cl2N4O2. The summed E-state index contributed by atoms with van der Waals surface area (Å²) in [4.78, 5) is 19.1. The number of hydrogen-bond acceptors (Lipinski definition) is 4. The van der Waals surface area contributed by atoms with Crippen molar-refractivity contribution in [2.24, 2.45) is 5.73 Å². The van der Waals surface area contributed by atoms with Crippen molar-refractivity contribution in [3.63, 3.8) is 0 Å². The molecule has 1 amide bonds. The number of carbonyl (C=O) groups is 1. The van der Waals surface area contributed by atoms with Crippen LogP contribution < -0.4 is 10.5 Å². The number of nitrogens with two attached hydrogens (primary N) is 1. The molecule has 0 unspecified atom stereocenters. The van der Waals surface area contributed by atoms with E-state index in [0.29, 0.717) is 11.6 Å². The van der Waals surface area contributed by atoms with E-state index in [2.05, 4.69) is 9.97 Å². The number of pyridine rings is 1. The third-order valence-corrected chi connectivity index (χ3v) is 2.47. The molecule has 0 saturated carbocycles. The van der Waals surface area contributed by atoms with Crippen LogP contribution in [-0.2, 0) is 4.79 Å². The Hall–Kier alpha value is -2.05. The van der Waals surface area contributed by atoms with Crippen molar-refractivity contribution in [2.75, 3.05) is 7.11 Å². The third kappa shape index (κ3) is 4.77. The van der Waals surface area contributed by atoms with Crippen LogP contribution in [0.1, 0.15) is 11.3 Å². The van der Waals surface area contributed by atoms with E-state index >= 15 is 0 Å². The van der Waals surface area contributed by atoms with Gasteiger partial charge in [0.15, 0.2) is 11.6 Å². The van der Waals surface area contributed by atoms with Crippen LogP contribution in [0.3, 0.4) is 0 Å². The van der Waals surface area contributed by atoms with Crippen molar-refractivity contribution in [1.82, 2.24) is 14.5 Å². The quantitative estimate of drug-likeness (QED) is 0.868. The Labute approximate surface area is 134 Å². The lowest BCUT2D eigenvalue weighted by Gasteiger charge is -2.08. The summed E-state index contributed by atoms with van der Waals surface area (Å²) in [6.45, 7) is 1.90. The van der Waals surface area contributed by atoms with Gasteiger partial charge in [-0.25, -0.2) is 9.97 Å². The van der Waals surface area contributed by atoms with Crippen LogP contribution in [0.25, 0.3) is 11.9 Å². The molecule has 0 aliphatic rings. The number of ether oxygens (including phenoxy) is 1. The highest BCUT2D eigenvalue weighted by Gasteiger charge is 2.08. The van der Waals surface area contributed by atoms with Gasteiger partial charge in [0, 0.05) is 18.5 Å². The number of carbonyl (C=O) groups excluding carboxylic acids is 1. The minimum Gasteiger partial charge on any atom is -0.493 e. The Kier molecular flexibility index (Phi) is 7.48. The summed E-state index contributed by atoms with van der Waals surface area (Å²) in [7, 11) is 1.56. The summed E-state index contributed by atoms with van der Waals surface area (Å²) in [5.74, 6) is 0.719. The highest BCUT2D eigenvalue weighted by atomic mass is 35.5. The molecule has 2 N–H and O–H groups in total. The largest absolute Gasteiger partial charge is 0.493 e.